The van der Waals surface area contributed by atoms with Gasteiger partial charge in [0.2, 0.25) is 0 Å². The lowest BCUT2D eigenvalue weighted by molar-refractivity contribution is -0.145. The molecule has 0 aliphatic heterocycles. The van der Waals surface area contributed by atoms with E-state index in [0.29, 0.717) is 26.2 Å². The summed E-state index contributed by atoms with van der Waals surface area (Å²) in [5.74, 6) is -0.0782. The molecule has 0 rings (SSSR count). The Labute approximate surface area is 183 Å². The summed E-state index contributed by atoms with van der Waals surface area (Å²) in [6.45, 7) is 26.3. The zero-order chi connectivity index (χ0) is 22.9. The van der Waals surface area contributed by atoms with Gasteiger partial charge in [-0.1, -0.05) is 67.7 Å². The minimum atomic E-state index is -1.87. The molecule has 0 aromatic rings. The second kappa shape index (κ2) is 12.0. The summed E-state index contributed by atoms with van der Waals surface area (Å²) in [5.41, 5.74) is 0. The number of hydrogen-bond acceptors (Lipinski definition) is 4. The van der Waals surface area contributed by atoms with Crippen molar-refractivity contribution in [2.24, 2.45) is 5.92 Å². The SMILES string of the molecule is CCCCCCOC(=O)CC(CO[Si](C)(C)C(C)(C)C)CO[Si](C)(C)C(C)(C)C. The lowest BCUT2D eigenvalue weighted by Crippen LogP contribution is -2.44. The van der Waals surface area contributed by atoms with Crippen LogP contribution in [0.25, 0.3) is 0 Å². The quantitative estimate of drug-likeness (QED) is 0.171. The van der Waals surface area contributed by atoms with Crippen molar-refractivity contribution < 1.29 is 18.4 Å². The van der Waals surface area contributed by atoms with Crippen molar-refractivity contribution in [1.82, 2.24) is 0 Å². The van der Waals surface area contributed by atoms with Crippen LogP contribution in [0.1, 0.15) is 80.6 Å². The van der Waals surface area contributed by atoms with Gasteiger partial charge in [-0.3, -0.25) is 4.79 Å². The van der Waals surface area contributed by atoms with Gasteiger partial charge >= 0.3 is 5.97 Å². The number of unbranched alkanes of at least 4 members (excludes halogenated alkanes) is 3. The van der Waals surface area contributed by atoms with Crippen LogP contribution in [0.4, 0.5) is 0 Å². The zero-order valence-electron chi connectivity index (χ0n) is 21.4. The molecule has 0 unspecified atom stereocenters. The van der Waals surface area contributed by atoms with Crippen LogP contribution in [0.3, 0.4) is 0 Å². The van der Waals surface area contributed by atoms with E-state index in [1.807, 2.05) is 0 Å². The average molecular weight is 447 g/mol. The van der Waals surface area contributed by atoms with Gasteiger partial charge < -0.3 is 13.6 Å². The molecule has 0 aliphatic rings. The second-order valence-corrected chi connectivity index (χ2v) is 21.1. The summed E-state index contributed by atoms with van der Waals surface area (Å²) in [7, 11) is -3.73. The van der Waals surface area contributed by atoms with Crippen molar-refractivity contribution in [3.05, 3.63) is 0 Å². The molecule has 29 heavy (non-hydrogen) atoms. The molecular formula is C23H50O4Si2. The highest BCUT2D eigenvalue weighted by Crippen LogP contribution is 2.38. The molecular weight excluding hydrogens is 396 g/mol. The summed E-state index contributed by atoms with van der Waals surface area (Å²) >= 11 is 0. The van der Waals surface area contributed by atoms with Crippen LogP contribution in [0.15, 0.2) is 0 Å². The van der Waals surface area contributed by atoms with E-state index in [1.165, 1.54) is 12.8 Å². The van der Waals surface area contributed by atoms with Gasteiger partial charge in [0, 0.05) is 19.1 Å². The van der Waals surface area contributed by atoms with Crippen LogP contribution in [0, 0.1) is 5.92 Å². The highest BCUT2D eigenvalue weighted by Gasteiger charge is 2.40. The van der Waals surface area contributed by atoms with E-state index in [-0.39, 0.29) is 22.0 Å². The summed E-state index contributed by atoms with van der Waals surface area (Å²) in [5, 5.41) is 0.301. The number of esters is 1. The Kier molecular flexibility index (Phi) is 11.9. The highest BCUT2D eigenvalue weighted by atomic mass is 28.4. The molecule has 0 saturated carbocycles. The van der Waals surface area contributed by atoms with E-state index in [2.05, 4.69) is 74.7 Å². The maximum absolute atomic E-state index is 12.4. The monoisotopic (exact) mass is 446 g/mol. The van der Waals surface area contributed by atoms with Crippen molar-refractivity contribution in [2.75, 3.05) is 19.8 Å². The maximum Gasteiger partial charge on any atom is 0.306 e. The fraction of sp³-hybridized carbons (Fsp3) is 0.957. The largest absolute Gasteiger partial charge is 0.466 e. The van der Waals surface area contributed by atoms with Gasteiger partial charge in [-0.25, -0.2) is 0 Å². The Bertz CT molecular complexity index is 446. The van der Waals surface area contributed by atoms with Crippen LogP contribution < -0.4 is 0 Å². The fourth-order valence-electron chi connectivity index (χ4n) is 2.26. The molecule has 4 nitrogen and oxygen atoms in total. The first-order chi connectivity index (χ1) is 13.0. The minimum absolute atomic E-state index is 0.0430. The Morgan fingerprint density at radius 2 is 1.24 bits per heavy atom. The summed E-state index contributed by atoms with van der Waals surface area (Å²) in [4.78, 5) is 12.4. The number of hydrogen-bond donors (Lipinski definition) is 0. The molecule has 0 saturated heterocycles. The number of ether oxygens (including phenoxy) is 1. The molecule has 0 radical (unpaired) electrons. The van der Waals surface area contributed by atoms with E-state index in [1.54, 1.807) is 0 Å². The first kappa shape index (κ1) is 28.8. The molecule has 0 heterocycles. The Balaban J connectivity index is 4.90. The van der Waals surface area contributed by atoms with Gasteiger partial charge in [-0.2, -0.15) is 0 Å². The summed E-state index contributed by atoms with van der Waals surface area (Å²) in [6.07, 6.45) is 4.82. The molecule has 0 spiro atoms. The average Bonchev–Trinajstić information content (AvgIpc) is 2.55. The van der Waals surface area contributed by atoms with Gasteiger partial charge in [0.1, 0.15) is 0 Å². The standard InChI is InChI=1S/C23H50O4Si2/c1-12-13-14-15-16-25-21(24)17-20(18-26-28(8,9)22(2,3)4)19-27-29(10,11)23(5,6)7/h20H,12-19H2,1-11H3. The molecule has 0 atom stereocenters. The van der Waals surface area contributed by atoms with Gasteiger partial charge in [-0.05, 0) is 42.7 Å². The predicted molar refractivity (Wildman–Crippen MR) is 130 cm³/mol. The zero-order valence-corrected chi connectivity index (χ0v) is 23.4. The smallest absolute Gasteiger partial charge is 0.306 e. The van der Waals surface area contributed by atoms with E-state index < -0.39 is 16.6 Å². The van der Waals surface area contributed by atoms with E-state index in [9.17, 15) is 4.79 Å². The topological polar surface area (TPSA) is 44.8 Å². The van der Waals surface area contributed by atoms with Gasteiger partial charge in [0.05, 0.1) is 13.0 Å². The lowest BCUT2D eigenvalue weighted by Gasteiger charge is -2.39. The molecule has 0 aromatic carbocycles. The van der Waals surface area contributed by atoms with Crippen LogP contribution in [-0.2, 0) is 18.4 Å². The Morgan fingerprint density at radius 3 is 1.62 bits per heavy atom. The molecule has 174 valence electrons. The highest BCUT2D eigenvalue weighted by molar-refractivity contribution is 6.74. The molecule has 0 N–H and O–H groups in total. The van der Waals surface area contributed by atoms with Crippen LogP contribution in [0.2, 0.25) is 36.3 Å². The van der Waals surface area contributed by atoms with Crippen LogP contribution in [0.5, 0.6) is 0 Å². The third-order valence-electron chi connectivity index (χ3n) is 6.69. The molecule has 0 fully saturated rings. The molecule has 0 aromatic heterocycles. The Hall–Kier alpha value is -0.176. The van der Waals surface area contributed by atoms with Gasteiger partial charge in [0.15, 0.2) is 16.6 Å². The summed E-state index contributed by atoms with van der Waals surface area (Å²) in [6, 6.07) is 0. The maximum atomic E-state index is 12.4. The second-order valence-electron chi connectivity index (χ2n) is 11.5. The van der Waals surface area contributed by atoms with Crippen molar-refractivity contribution in [3.63, 3.8) is 0 Å². The minimum Gasteiger partial charge on any atom is -0.466 e. The first-order valence-electron chi connectivity index (χ1n) is 11.5. The van der Waals surface area contributed by atoms with Gasteiger partial charge in [-0.15, -0.1) is 0 Å². The van der Waals surface area contributed by atoms with Crippen LogP contribution in [-0.4, -0.2) is 42.4 Å². The number of carbonyl (C=O) groups excluding carboxylic acids is 1. The van der Waals surface area contributed by atoms with Crippen molar-refractivity contribution in [2.45, 2.75) is 117 Å². The Morgan fingerprint density at radius 1 is 0.793 bits per heavy atom. The molecule has 0 bridgehead atoms. The molecule has 6 heteroatoms. The van der Waals surface area contributed by atoms with E-state index in [0.717, 1.165) is 12.8 Å². The third kappa shape index (κ3) is 11.1. The molecule has 0 aliphatic carbocycles. The fourth-order valence-corrected chi connectivity index (χ4v) is 4.43. The summed E-state index contributed by atoms with van der Waals surface area (Å²) < 4.78 is 18.4. The lowest BCUT2D eigenvalue weighted by atomic mass is 10.1. The van der Waals surface area contributed by atoms with Crippen LogP contribution >= 0.6 is 0 Å². The van der Waals surface area contributed by atoms with Crippen molar-refractivity contribution in [3.8, 4) is 0 Å². The van der Waals surface area contributed by atoms with E-state index >= 15 is 0 Å². The predicted octanol–water partition coefficient (Wildman–Crippen LogP) is 7.16. The van der Waals surface area contributed by atoms with Crippen molar-refractivity contribution >= 4 is 22.6 Å². The normalized spacial score (nSPS) is 13.8. The van der Waals surface area contributed by atoms with Gasteiger partial charge in [0.25, 0.3) is 0 Å². The third-order valence-corrected chi connectivity index (χ3v) is 15.7. The number of carbonyl (C=O) groups is 1. The first-order valence-corrected chi connectivity index (χ1v) is 17.3. The molecule has 0 amide bonds. The van der Waals surface area contributed by atoms with E-state index in [4.69, 9.17) is 13.6 Å². The van der Waals surface area contributed by atoms with Crippen molar-refractivity contribution in [1.29, 1.82) is 0 Å². The number of rotatable bonds is 13.